The van der Waals surface area contributed by atoms with Gasteiger partial charge in [0.05, 0.1) is 20.3 Å². The van der Waals surface area contributed by atoms with E-state index in [1.165, 1.54) is 4.90 Å². The molecule has 0 unspecified atom stereocenters. The van der Waals surface area contributed by atoms with E-state index in [4.69, 9.17) is 14.2 Å². The topological polar surface area (TPSA) is 56.8 Å². The van der Waals surface area contributed by atoms with Crippen molar-refractivity contribution in [1.29, 1.82) is 0 Å². The molecule has 0 saturated carbocycles. The molecule has 33 heavy (non-hydrogen) atoms. The maximum absolute atomic E-state index is 12.4. The Kier molecular flexibility index (Phi) is 9.98. The number of thioether (sulfide) groups is 1. The highest BCUT2D eigenvalue weighted by Crippen LogP contribution is 2.28. The quantitative estimate of drug-likeness (QED) is 0.262. The van der Waals surface area contributed by atoms with Gasteiger partial charge in [-0.3, -0.25) is 4.79 Å². The van der Waals surface area contributed by atoms with Crippen LogP contribution in [0.15, 0.2) is 77.7 Å². The van der Waals surface area contributed by atoms with Gasteiger partial charge in [0.2, 0.25) is 0 Å². The number of hydrogen-bond donors (Lipinski definition) is 1. The van der Waals surface area contributed by atoms with Crippen LogP contribution in [0.3, 0.4) is 0 Å². The number of amides is 1. The lowest BCUT2D eigenvalue weighted by Crippen LogP contribution is -2.24. The monoisotopic (exact) mass is 465 g/mol. The van der Waals surface area contributed by atoms with Gasteiger partial charge in [-0.25, -0.2) is 0 Å². The Bertz CT molecular complexity index is 993. The predicted molar refractivity (Wildman–Crippen MR) is 134 cm³/mol. The van der Waals surface area contributed by atoms with E-state index in [0.717, 1.165) is 41.4 Å². The molecule has 0 atom stereocenters. The van der Waals surface area contributed by atoms with Gasteiger partial charge >= 0.3 is 0 Å². The van der Waals surface area contributed by atoms with E-state index in [1.54, 1.807) is 31.0 Å². The van der Waals surface area contributed by atoms with Crippen molar-refractivity contribution in [3.63, 3.8) is 0 Å². The average Bonchev–Trinajstić information content (AvgIpc) is 2.86. The zero-order chi connectivity index (χ0) is 23.3. The fourth-order valence-electron chi connectivity index (χ4n) is 3.28. The minimum absolute atomic E-state index is 0.0783. The molecule has 0 aromatic heterocycles. The van der Waals surface area contributed by atoms with Gasteiger partial charge in [0, 0.05) is 22.8 Å². The molecule has 3 rings (SSSR count). The van der Waals surface area contributed by atoms with E-state index in [9.17, 15) is 4.79 Å². The zero-order valence-corrected chi connectivity index (χ0v) is 20.0. The van der Waals surface area contributed by atoms with Gasteiger partial charge in [-0.05, 0) is 73.9 Å². The van der Waals surface area contributed by atoms with Crippen LogP contribution in [0.25, 0.3) is 0 Å². The van der Waals surface area contributed by atoms with E-state index >= 15 is 0 Å². The summed E-state index contributed by atoms with van der Waals surface area (Å²) in [5.41, 5.74) is 1.78. The summed E-state index contributed by atoms with van der Waals surface area (Å²) in [6.07, 6.45) is 1.68. The Morgan fingerprint density at radius 3 is 2.45 bits per heavy atom. The highest BCUT2D eigenvalue weighted by atomic mass is 32.2. The summed E-state index contributed by atoms with van der Waals surface area (Å²) in [6.45, 7) is 3.76. The largest absolute Gasteiger partial charge is 0.493 e. The molecule has 6 heteroatoms. The fourth-order valence-corrected chi connectivity index (χ4v) is 4.03. The highest BCUT2D eigenvalue weighted by molar-refractivity contribution is 7.99. The molecule has 0 aliphatic rings. The molecule has 0 radical (unpaired) electrons. The van der Waals surface area contributed by atoms with E-state index < -0.39 is 0 Å². The second-order valence-electron chi connectivity index (χ2n) is 7.31. The van der Waals surface area contributed by atoms with Crippen LogP contribution in [-0.4, -0.2) is 38.5 Å². The van der Waals surface area contributed by atoms with Gasteiger partial charge in [-0.1, -0.05) is 24.3 Å². The molecule has 1 amide bonds. The summed E-state index contributed by atoms with van der Waals surface area (Å²) >= 11 is 1.76. The molecular formula is C27H31NO4S. The molecule has 3 aromatic rings. The predicted octanol–water partition coefficient (Wildman–Crippen LogP) is 5.63. The number of rotatable bonds is 13. The molecule has 3 aromatic carbocycles. The van der Waals surface area contributed by atoms with Crippen LogP contribution in [0.5, 0.6) is 17.2 Å². The minimum Gasteiger partial charge on any atom is -0.493 e. The maximum atomic E-state index is 12.4. The van der Waals surface area contributed by atoms with Crippen LogP contribution in [-0.2, 0) is 6.42 Å². The number of carbonyl (C=O) groups is 1. The van der Waals surface area contributed by atoms with Gasteiger partial charge in [0.15, 0.2) is 11.5 Å². The van der Waals surface area contributed by atoms with Crippen LogP contribution in [0, 0.1) is 0 Å². The average molecular weight is 466 g/mol. The minimum atomic E-state index is -0.0783. The lowest BCUT2D eigenvalue weighted by molar-refractivity contribution is 0.0953. The number of aryl methyl sites for hydroxylation is 1. The van der Waals surface area contributed by atoms with Gasteiger partial charge < -0.3 is 19.5 Å². The van der Waals surface area contributed by atoms with E-state index in [1.807, 2.05) is 55.5 Å². The van der Waals surface area contributed by atoms with E-state index in [2.05, 4.69) is 17.4 Å². The summed E-state index contributed by atoms with van der Waals surface area (Å²) in [6, 6.07) is 23.5. The number of methoxy groups -OCH3 is 1. The molecule has 0 aliphatic carbocycles. The normalized spacial score (nSPS) is 10.5. The Balaban J connectivity index is 1.36. The first kappa shape index (κ1) is 24.5. The standard InChI is InChI=1S/C27H31NO4S/c1-3-31-25-16-11-21(20-26(25)30-2)8-7-17-28-27(29)22-12-14-23(15-13-22)32-18-19-33-24-9-5-4-6-10-24/h4-6,9-16,20H,3,7-8,17-19H2,1-2H3,(H,28,29). The maximum Gasteiger partial charge on any atom is 0.251 e. The van der Waals surface area contributed by atoms with Gasteiger partial charge in [-0.15, -0.1) is 11.8 Å². The van der Waals surface area contributed by atoms with E-state index in [-0.39, 0.29) is 5.91 Å². The summed E-state index contributed by atoms with van der Waals surface area (Å²) < 4.78 is 16.7. The summed E-state index contributed by atoms with van der Waals surface area (Å²) in [5, 5.41) is 2.98. The van der Waals surface area contributed by atoms with E-state index in [0.29, 0.717) is 25.3 Å². The molecule has 5 nitrogen and oxygen atoms in total. The zero-order valence-electron chi connectivity index (χ0n) is 19.2. The van der Waals surface area contributed by atoms with Crippen molar-refractivity contribution in [3.05, 3.63) is 83.9 Å². The molecule has 0 spiro atoms. The lowest BCUT2D eigenvalue weighted by Gasteiger charge is -2.11. The van der Waals surface area contributed by atoms with Crippen molar-refractivity contribution in [3.8, 4) is 17.2 Å². The van der Waals surface area contributed by atoms with Crippen molar-refractivity contribution in [2.75, 3.05) is 32.6 Å². The number of hydrogen-bond acceptors (Lipinski definition) is 5. The van der Waals surface area contributed by atoms with Crippen LogP contribution in [0.4, 0.5) is 0 Å². The molecule has 1 N–H and O–H groups in total. The van der Waals surface area contributed by atoms with Crippen molar-refractivity contribution >= 4 is 17.7 Å². The molecule has 0 aliphatic heterocycles. The molecule has 0 fully saturated rings. The second-order valence-corrected chi connectivity index (χ2v) is 8.48. The lowest BCUT2D eigenvalue weighted by atomic mass is 10.1. The van der Waals surface area contributed by atoms with Crippen LogP contribution in [0.1, 0.15) is 29.3 Å². The molecular weight excluding hydrogens is 434 g/mol. The van der Waals surface area contributed by atoms with Crippen LogP contribution in [0.2, 0.25) is 0 Å². The summed E-state index contributed by atoms with van der Waals surface area (Å²) in [5.74, 6) is 3.04. The van der Waals surface area contributed by atoms with Gasteiger partial charge in [-0.2, -0.15) is 0 Å². The summed E-state index contributed by atoms with van der Waals surface area (Å²) in [7, 11) is 1.64. The number of ether oxygens (including phenoxy) is 3. The molecule has 0 saturated heterocycles. The first-order valence-corrected chi connectivity index (χ1v) is 12.2. The Hall–Kier alpha value is -3.12. The van der Waals surface area contributed by atoms with Crippen molar-refractivity contribution < 1.29 is 19.0 Å². The third kappa shape index (κ3) is 8.06. The molecule has 0 heterocycles. The Morgan fingerprint density at radius 2 is 1.73 bits per heavy atom. The Labute approximate surface area is 200 Å². The SMILES string of the molecule is CCOc1ccc(CCCNC(=O)c2ccc(OCCSc3ccccc3)cc2)cc1OC. The van der Waals surface area contributed by atoms with Gasteiger partial charge in [0.1, 0.15) is 5.75 Å². The summed E-state index contributed by atoms with van der Waals surface area (Å²) in [4.78, 5) is 13.6. The second kappa shape index (κ2) is 13.4. The fraction of sp³-hybridized carbons (Fsp3) is 0.296. The van der Waals surface area contributed by atoms with Crippen molar-refractivity contribution in [2.24, 2.45) is 0 Å². The first-order chi connectivity index (χ1) is 16.2. The van der Waals surface area contributed by atoms with Crippen molar-refractivity contribution in [1.82, 2.24) is 5.32 Å². The third-order valence-corrected chi connectivity index (χ3v) is 5.91. The Morgan fingerprint density at radius 1 is 0.939 bits per heavy atom. The number of nitrogens with one attached hydrogen (secondary N) is 1. The first-order valence-electron chi connectivity index (χ1n) is 11.2. The number of benzene rings is 3. The third-order valence-electron chi connectivity index (χ3n) is 4.94. The van der Waals surface area contributed by atoms with Crippen LogP contribution >= 0.6 is 11.8 Å². The van der Waals surface area contributed by atoms with Crippen LogP contribution < -0.4 is 19.5 Å². The molecule has 0 bridgehead atoms. The van der Waals surface area contributed by atoms with Gasteiger partial charge in [0.25, 0.3) is 5.91 Å². The molecule has 174 valence electrons. The number of carbonyl (C=O) groups excluding carboxylic acids is 1. The highest BCUT2D eigenvalue weighted by Gasteiger charge is 2.07. The van der Waals surface area contributed by atoms with Crippen molar-refractivity contribution in [2.45, 2.75) is 24.7 Å². The smallest absolute Gasteiger partial charge is 0.251 e.